The number of rotatable bonds is 13. The number of ether oxygens (including phenoxy) is 2. The third-order valence-electron chi connectivity index (χ3n) is 6.18. The molecule has 1 aliphatic heterocycles. The molecule has 0 aliphatic carbocycles. The van der Waals surface area contributed by atoms with Gasteiger partial charge in [-0.3, -0.25) is 14.4 Å². The van der Waals surface area contributed by atoms with Crippen molar-refractivity contribution in [3.05, 3.63) is 71.3 Å². The number of carbonyl (C=O) groups is 3. The van der Waals surface area contributed by atoms with Crippen LogP contribution < -0.4 is 5.32 Å². The maximum atomic E-state index is 13.0. The van der Waals surface area contributed by atoms with Crippen LogP contribution in [0, 0.1) is 0 Å². The first kappa shape index (κ1) is 29.7. The molecular formula is C28H32F3N3O5. The van der Waals surface area contributed by atoms with Crippen LogP contribution in [0.3, 0.4) is 0 Å². The van der Waals surface area contributed by atoms with Gasteiger partial charge in [0.05, 0.1) is 19.6 Å². The number of carbonyl (C=O) groups excluding carboxylic acids is 3. The first-order valence-electron chi connectivity index (χ1n) is 12.7. The van der Waals surface area contributed by atoms with Crippen molar-refractivity contribution >= 4 is 23.7 Å². The van der Waals surface area contributed by atoms with E-state index in [1.807, 2.05) is 30.3 Å². The lowest BCUT2D eigenvalue weighted by atomic mass is 9.92. The summed E-state index contributed by atoms with van der Waals surface area (Å²) in [4.78, 5) is 36.3. The van der Waals surface area contributed by atoms with Gasteiger partial charge in [0, 0.05) is 24.9 Å². The average Bonchev–Trinajstić information content (AvgIpc) is 2.92. The third kappa shape index (κ3) is 9.73. The number of methoxy groups -OCH3 is 1. The number of esters is 1. The molecule has 0 aromatic heterocycles. The summed E-state index contributed by atoms with van der Waals surface area (Å²) in [5, 5.41) is 8.31. The molecule has 0 radical (unpaired) electrons. The fourth-order valence-electron chi connectivity index (χ4n) is 4.04. The van der Waals surface area contributed by atoms with Gasteiger partial charge >= 0.3 is 12.1 Å². The van der Waals surface area contributed by atoms with Gasteiger partial charge in [-0.15, -0.1) is 5.10 Å². The van der Waals surface area contributed by atoms with Gasteiger partial charge in [-0.2, -0.15) is 13.2 Å². The van der Waals surface area contributed by atoms with Crippen molar-refractivity contribution in [2.24, 2.45) is 5.10 Å². The van der Waals surface area contributed by atoms with E-state index in [2.05, 4.69) is 15.2 Å². The predicted octanol–water partition coefficient (Wildman–Crippen LogP) is 4.68. The second-order valence-electron chi connectivity index (χ2n) is 9.14. The average molecular weight is 548 g/mol. The fraction of sp³-hybridized carbons (Fsp3) is 0.429. The van der Waals surface area contributed by atoms with E-state index in [1.54, 1.807) is 24.3 Å². The summed E-state index contributed by atoms with van der Waals surface area (Å²) in [5.41, 5.74) is 1.88. The highest BCUT2D eigenvalue weighted by molar-refractivity contribution is 5.97. The molecule has 0 saturated carbocycles. The number of unbranched alkanes of at least 4 members (excludes halogenated alkanes) is 2. The van der Waals surface area contributed by atoms with E-state index in [1.165, 1.54) is 12.1 Å². The summed E-state index contributed by atoms with van der Waals surface area (Å²) in [5.74, 6) is -1.78. The first-order valence-corrected chi connectivity index (χ1v) is 12.7. The molecule has 3 rings (SSSR count). The third-order valence-corrected chi connectivity index (χ3v) is 6.18. The van der Waals surface area contributed by atoms with Gasteiger partial charge in [0.1, 0.15) is 0 Å². The molecule has 0 bridgehead atoms. The highest BCUT2D eigenvalue weighted by Crippen LogP contribution is 2.30. The normalized spacial score (nSPS) is 14.3. The Morgan fingerprint density at radius 1 is 1.08 bits per heavy atom. The minimum Gasteiger partial charge on any atom is -0.469 e. The number of alkyl halides is 3. The van der Waals surface area contributed by atoms with Gasteiger partial charge in [0.15, 0.2) is 6.61 Å². The van der Waals surface area contributed by atoms with Crippen LogP contribution in [-0.2, 0) is 30.4 Å². The van der Waals surface area contributed by atoms with E-state index in [-0.39, 0.29) is 37.9 Å². The van der Waals surface area contributed by atoms with Crippen molar-refractivity contribution in [3.63, 3.8) is 0 Å². The zero-order valence-corrected chi connectivity index (χ0v) is 21.7. The zero-order valence-electron chi connectivity index (χ0n) is 21.7. The summed E-state index contributed by atoms with van der Waals surface area (Å²) < 4.78 is 48.9. The van der Waals surface area contributed by atoms with Gasteiger partial charge in [-0.05, 0) is 42.5 Å². The number of hydrazone groups is 1. The van der Waals surface area contributed by atoms with E-state index in [0.717, 1.165) is 5.56 Å². The Hall–Kier alpha value is -3.89. The van der Waals surface area contributed by atoms with Gasteiger partial charge in [0.2, 0.25) is 11.8 Å². The van der Waals surface area contributed by atoms with Crippen molar-refractivity contribution in [2.45, 2.75) is 57.2 Å². The molecule has 11 heteroatoms. The summed E-state index contributed by atoms with van der Waals surface area (Å²) >= 11 is 0. The number of hydrogen-bond acceptors (Lipinski definition) is 6. The maximum absolute atomic E-state index is 13.0. The Morgan fingerprint density at radius 3 is 2.46 bits per heavy atom. The van der Waals surface area contributed by atoms with Gasteiger partial charge in [-0.25, -0.2) is 5.01 Å². The van der Waals surface area contributed by atoms with Crippen molar-refractivity contribution < 1.29 is 37.0 Å². The Bertz CT molecular complexity index is 1140. The minimum atomic E-state index is -4.39. The summed E-state index contributed by atoms with van der Waals surface area (Å²) in [6, 6.07) is 15.7. The van der Waals surface area contributed by atoms with Crippen molar-refractivity contribution in [2.75, 3.05) is 20.3 Å². The molecular weight excluding hydrogens is 515 g/mol. The molecule has 0 spiro atoms. The Morgan fingerprint density at radius 2 is 1.79 bits per heavy atom. The molecule has 8 nitrogen and oxygen atoms in total. The van der Waals surface area contributed by atoms with E-state index in [9.17, 15) is 27.6 Å². The van der Waals surface area contributed by atoms with Crippen LogP contribution in [0.25, 0.3) is 0 Å². The lowest BCUT2D eigenvalue weighted by molar-refractivity contribution is -0.141. The van der Waals surface area contributed by atoms with Crippen LogP contribution in [0.2, 0.25) is 0 Å². The molecule has 2 amide bonds. The van der Waals surface area contributed by atoms with Crippen LogP contribution in [-0.4, -0.2) is 55.1 Å². The highest BCUT2D eigenvalue weighted by Gasteiger charge is 2.31. The smallest absolute Gasteiger partial charge is 0.389 e. The van der Waals surface area contributed by atoms with Crippen LogP contribution in [0.4, 0.5) is 13.2 Å². The van der Waals surface area contributed by atoms with Crippen LogP contribution in [0.1, 0.15) is 61.1 Å². The number of nitrogens with one attached hydrogen (secondary N) is 1. The lowest BCUT2D eigenvalue weighted by Crippen LogP contribution is -2.36. The Kier molecular flexibility index (Phi) is 10.9. The van der Waals surface area contributed by atoms with Gasteiger partial charge in [-0.1, -0.05) is 48.9 Å². The fourth-order valence-corrected chi connectivity index (χ4v) is 4.04. The number of benzene rings is 2. The summed E-state index contributed by atoms with van der Waals surface area (Å²) in [6.07, 6.45) is -3.73. The lowest BCUT2D eigenvalue weighted by Gasteiger charge is -2.24. The van der Waals surface area contributed by atoms with Crippen LogP contribution in [0.5, 0.6) is 0 Å². The minimum absolute atomic E-state index is 0.143. The SMILES string of the molecule is COC(=O)CCCCCNC(=O)C(CCC(F)(F)F)c1ccc(CN2N=C(c3ccccc3)OCC2=O)cc1. The molecule has 1 N–H and O–H groups in total. The van der Waals surface area contributed by atoms with Gasteiger partial charge < -0.3 is 14.8 Å². The standard InChI is InChI=1S/C28H32F3N3O5/c1-38-25(36)10-6-3-7-17-32-26(37)23(15-16-28(29,30)31)21-13-11-20(12-14-21)18-34-24(35)19-39-27(33-34)22-8-4-2-5-9-22/h2,4-5,8-9,11-14,23H,3,6-7,10,15-19H2,1H3,(H,32,37). The number of hydrogen-bond donors (Lipinski definition) is 1. The maximum Gasteiger partial charge on any atom is 0.389 e. The van der Waals surface area contributed by atoms with E-state index < -0.39 is 24.4 Å². The molecule has 1 atom stereocenters. The molecule has 210 valence electrons. The number of amides is 2. The van der Waals surface area contributed by atoms with Crippen molar-refractivity contribution in [3.8, 4) is 0 Å². The highest BCUT2D eigenvalue weighted by atomic mass is 19.4. The summed E-state index contributed by atoms with van der Waals surface area (Å²) in [7, 11) is 1.31. The monoisotopic (exact) mass is 547 g/mol. The number of halogens is 3. The molecule has 2 aromatic carbocycles. The van der Waals surface area contributed by atoms with E-state index >= 15 is 0 Å². The molecule has 39 heavy (non-hydrogen) atoms. The Balaban J connectivity index is 1.63. The molecule has 1 aliphatic rings. The molecule has 0 saturated heterocycles. The molecule has 0 fully saturated rings. The second kappa shape index (κ2) is 14.3. The molecule has 1 heterocycles. The van der Waals surface area contributed by atoms with Crippen molar-refractivity contribution in [1.82, 2.24) is 10.3 Å². The molecule has 2 aromatic rings. The quantitative estimate of drug-likeness (QED) is 0.290. The van der Waals surface area contributed by atoms with Gasteiger partial charge in [0.25, 0.3) is 5.91 Å². The van der Waals surface area contributed by atoms with Crippen LogP contribution >= 0.6 is 0 Å². The van der Waals surface area contributed by atoms with Crippen LogP contribution in [0.15, 0.2) is 59.7 Å². The number of nitrogens with zero attached hydrogens (tertiary/aromatic N) is 2. The Labute approximate surface area is 225 Å². The second-order valence-corrected chi connectivity index (χ2v) is 9.14. The largest absolute Gasteiger partial charge is 0.469 e. The predicted molar refractivity (Wildman–Crippen MR) is 137 cm³/mol. The molecule has 1 unspecified atom stereocenters. The zero-order chi connectivity index (χ0) is 28.3. The van der Waals surface area contributed by atoms with Crippen molar-refractivity contribution in [1.29, 1.82) is 0 Å². The summed E-state index contributed by atoms with van der Waals surface area (Å²) in [6.45, 7) is 0.277. The topological polar surface area (TPSA) is 97.3 Å². The van der Waals surface area contributed by atoms with E-state index in [0.29, 0.717) is 42.8 Å². The van der Waals surface area contributed by atoms with E-state index in [4.69, 9.17) is 4.74 Å². The first-order chi connectivity index (χ1) is 18.7.